The summed E-state index contributed by atoms with van der Waals surface area (Å²) in [6, 6.07) is 3.50. The Morgan fingerprint density at radius 2 is 2.23 bits per heavy atom. The third-order valence-electron chi connectivity index (χ3n) is 1.64. The molecule has 1 aromatic rings. The smallest absolute Gasteiger partial charge is 0.176 e. The molecule has 0 spiro atoms. The summed E-state index contributed by atoms with van der Waals surface area (Å²) >= 11 is 0. The van der Waals surface area contributed by atoms with Crippen molar-refractivity contribution in [1.29, 1.82) is 0 Å². The fourth-order valence-electron chi connectivity index (χ4n) is 0.904. The number of hydrogen-bond donors (Lipinski definition) is 2. The molecule has 0 saturated heterocycles. The summed E-state index contributed by atoms with van der Waals surface area (Å²) < 4.78 is 0. The molecule has 0 aliphatic heterocycles. The molecule has 13 heavy (non-hydrogen) atoms. The zero-order chi connectivity index (χ0) is 9.84. The van der Waals surface area contributed by atoms with Gasteiger partial charge in [0.1, 0.15) is 12.0 Å². The molecule has 1 aromatic heterocycles. The second kappa shape index (κ2) is 3.80. The molecule has 0 atom stereocenters. The van der Waals surface area contributed by atoms with Crippen molar-refractivity contribution in [1.82, 2.24) is 4.98 Å². The van der Waals surface area contributed by atoms with Crippen molar-refractivity contribution < 1.29 is 10.2 Å². The molecule has 4 nitrogen and oxygen atoms in total. The first-order chi connectivity index (χ1) is 6.15. The summed E-state index contributed by atoms with van der Waals surface area (Å²) in [6.07, 6.45) is 2.20. The summed E-state index contributed by atoms with van der Waals surface area (Å²) in [7, 11) is 3.78. The molecule has 0 aliphatic carbocycles. The Bertz CT molecular complexity index is 321. The van der Waals surface area contributed by atoms with Crippen LogP contribution in [0.4, 0.5) is 5.69 Å². The number of hydrogen-bond acceptors (Lipinski definition) is 4. The second-order valence-corrected chi connectivity index (χ2v) is 2.81. The average molecular weight is 180 g/mol. The molecule has 0 aromatic carbocycles. The van der Waals surface area contributed by atoms with Crippen LogP contribution in [0.1, 0.15) is 5.69 Å². The van der Waals surface area contributed by atoms with Gasteiger partial charge in [-0.15, -0.1) is 0 Å². The van der Waals surface area contributed by atoms with Crippen LogP contribution in [0.5, 0.6) is 0 Å². The van der Waals surface area contributed by atoms with Gasteiger partial charge in [0, 0.05) is 26.0 Å². The summed E-state index contributed by atoms with van der Waals surface area (Å²) in [5.74, 6) is -0.233. The molecule has 0 amide bonds. The zero-order valence-corrected chi connectivity index (χ0v) is 7.60. The maximum absolute atomic E-state index is 9.17. The normalized spacial score (nSPS) is 11.4. The van der Waals surface area contributed by atoms with E-state index in [4.69, 9.17) is 10.2 Å². The maximum Gasteiger partial charge on any atom is 0.176 e. The van der Waals surface area contributed by atoms with Gasteiger partial charge in [-0.2, -0.15) is 0 Å². The fourth-order valence-corrected chi connectivity index (χ4v) is 0.904. The molecule has 0 fully saturated rings. The van der Waals surface area contributed by atoms with E-state index in [-0.39, 0.29) is 5.76 Å². The molecule has 0 unspecified atom stereocenters. The molecule has 4 heteroatoms. The monoisotopic (exact) mass is 180 g/mol. The fraction of sp³-hybridized carbons (Fsp3) is 0.222. The lowest BCUT2D eigenvalue weighted by Crippen LogP contribution is -2.09. The lowest BCUT2D eigenvalue weighted by atomic mass is 10.3. The van der Waals surface area contributed by atoms with Gasteiger partial charge < -0.3 is 15.1 Å². The Kier molecular flexibility index (Phi) is 2.74. The number of rotatable bonds is 2. The zero-order valence-electron chi connectivity index (χ0n) is 7.60. The van der Waals surface area contributed by atoms with Crippen LogP contribution in [-0.2, 0) is 0 Å². The first kappa shape index (κ1) is 9.38. The maximum atomic E-state index is 9.17. The molecule has 0 bridgehead atoms. The molecule has 1 rings (SSSR count). The number of pyridine rings is 1. The van der Waals surface area contributed by atoms with E-state index >= 15 is 0 Å². The Hall–Kier alpha value is -1.71. The highest BCUT2D eigenvalue weighted by Crippen LogP contribution is 2.15. The predicted octanol–water partition coefficient (Wildman–Crippen LogP) is 1.56. The van der Waals surface area contributed by atoms with Crippen molar-refractivity contribution in [3.63, 3.8) is 0 Å². The molecule has 70 valence electrons. The minimum absolute atomic E-state index is 0.233. The first-order valence-electron chi connectivity index (χ1n) is 3.82. The van der Waals surface area contributed by atoms with Crippen molar-refractivity contribution in [3.8, 4) is 0 Å². The topological polar surface area (TPSA) is 56.6 Å². The summed E-state index contributed by atoms with van der Waals surface area (Å²) in [5.41, 5.74) is 1.27. The van der Waals surface area contributed by atoms with Crippen molar-refractivity contribution in [2.75, 3.05) is 19.0 Å². The van der Waals surface area contributed by atoms with Gasteiger partial charge in [0.05, 0.1) is 0 Å². The number of nitrogens with zero attached hydrogens (tertiary/aromatic N) is 2. The van der Waals surface area contributed by atoms with Crippen molar-refractivity contribution in [2.24, 2.45) is 0 Å². The second-order valence-electron chi connectivity index (χ2n) is 2.81. The largest absolute Gasteiger partial charge is 0.512 e. The Morgan fingerprint density at radius 3 is 2.77 bits per heavy atom. The van der Waals surface area contributed by atoms with Crippen LogP contribution in [-0.4, -0.2) is 29.3 Å². The highest BCUT2D eigenvalue weighted by molar-refractivity contribution is 5.59. The molecular formula is C9H12N2O2. The van der Waals surface area contributed by atoms with Gasteiger partial charge in [0.25, 0.3) is 0 Å². The lowest BCUT2D eigenvalue weighted by Gasteiger charge is -2.12. The molecule has 0 radical (unpaired) electrons. The number of anilines is 1. The lowest BCUT2D eigenvalue weighted by molar-refractivity contribution is 0.430. The third-order valence-corrected chi connectivity index (χ3v) is 1.64. The van der Waals surface area contributed by atoms with Crippen molar-refractivity contribution in [2.45, 2.75) is 0 Å². The predicted molar refractivity (Wildman–Crippen MR) is 51.8 cm³/mol. The quantitative estimate of drug-likeness (QED) is 0.678. The highest BCUT2D eigenvalue weighted by Gasteiger charge is 2.02. The number of aliphatic hydroxyl groups is 2. The van der Waals surface area contributed by atoms with Gasteiger partial charge in [0.2, 0.25) is 0 Å². The Labute approximate surface area is 76.8 Å². The molecule has 2 N–H and O–H groups in total. The van der Waals surface area contributed by atoms with Gasteiger partial charge in [-0.25, -0.2) is 0 Å². The first-order valence-corrected chi connectivity index (χ1v) is 3.82. The molecular weight excluding hydrogens is 168 g/mol. The van der Waals surface area contributed by atoms with E-state index in [0.717, 1.165) is 5.69 Å². The molecule has 0 saturated carbocycles. The van der Waals surface area contributed by atoms with E-state index < -0.39 is 0 Å². The van der Waals surface area contributed by atoms with E-state index in [1.807, 2.05) is 25.1 Å². The molecule has 1 heterocycles. The van der Waals surface area contributed by atoms with E-state index in [2.05, 4.69) is 4.98 Å². The minimum Gasteiger partial charge on any atom is -0.512 e. The summed E-state index contributed by atoms with van der Waals surface area (Å²) in [5, 5.41) is 17.7. The molecule has 0 aliphatic rings. The van der Waals surface area contributed by atoms with Crippen LogP contribution in [0.2, 0.25) is 0 Å². The van der Waals surface area contributed by atoms with E-state index in [9.17, 15) is 0 Å². The third kappa shape index (κ3) is 2.11. The minimum atomic E-state index is -0.233. The Morgan fingerprint density at radius 1 is 1.54 bits per heavy atom. The summed E-state index contributed by atoms with van der Waals surface area (Å²) in [4.78, 5) is 5.77. The van der Waals surface area contributed by atoms with Crippen LogP contribution in [0, 0.1) is 0 Å². The Balaban J connectivity index is 3.05. The highest BCUT2D eigenvalue weighted by atomic mass is 16.3. The van der Waals surface area contributed by atoms with Crippen LogP contribution in [0.25, 0.3) is 5.76 Å². The van der Waals surface area contributed by atoms with Crippen LogP contribution in [0.3, 0.4) is 0 Å². The van der Waals surface area contributed by atoms with Gasteiger partial charge in [-0.05, 0) is 12.1 Å². The van der Waals surface area contributed by atoms with Crippen molar-refractivity contribution in [3.05, 3.63) is 30.3 Å². The van der Waals surface area contributed by atoms with Gasteiger partial charge in [-0.1, -0.05) is 0 Å². The van der Waals surface area contributed by atoms with Crippen LogP contribution >= 0.6 is 0 Å². The van der Waals surface area contributed by atoms with Crippen LogP contribution < -0.4 is 4.90 Å². The van der Waals surface area contributed by atoms with Gasteiger partial charge in [0.15, 0.2) is 5.76 Å². The SMILES string of the molecule is CN(C)c1ccnc(/C(O)=C/O)c1. The van der Waals surface area contributed by atoms with E-state index in [0.29, 0.717) is 12.0 Å². The van der Waals surface area contributed by atoms with Crippen molar-refractivity contribution >= 4 is 11.4 Å². The van der Waals surface area contributed by atoms with E-state index in [1.165, 1.54) is 0 Å². The van der Waals surface area contributed by atoms with E-state index in [1.54, 1.807) is 12.3 Å². The van der Waals surface area contributed by atoms with Gasteiger partial charge in [-0.3, -0.25) is 4.98 Å². The van der Waals surface area contributed by atoms with Crippen LogP contribution in [0.15, 0.2) is 24.6 Å². The number of aliphatic hydroxyl groups excluding tert-OH is 2. The standard InChI is InChI=1S/C9H12N2O2/c1-11(2)7-3-4-10-8(5-7)9(13)6-12/h3-6,12-13H,1-2H3/b9-6-. The average Bonchev–Trinajstić information content (AvgIpc) is 2.17. The number of aromatic nitrogens is 1. The van der Waals surface area contributed by atoms with Gasteiger partial charge >= 0.3 is 0 Å². The summed E-state index contributed by atoms with van der Waals surface area (Å²) in [6.45, 7) is 0.